The van der Waals surface area contributed by atoms with Crippen molar-refractivity contribution in [2.24, 2.45) is 5.73 Å². The Balaban J connectivity index is 2.70. The number of benzene rings is 1. The number of rotatable bonds is 4. The number of carbonyl (C=O) groups is 1. The number of carbonyl (C=O) groups excluding carboxylic acids is 1. The molecule has 0 saturated carbocycles. The van der Waals surface area contributed by atoms with E-state index >= 15 is 0 Å². The molecule has 0 bridgehead atoms. The van der Waals surface area contributed by atoms with Crippen molar-refractivity contribution in [2.45, 2.75) is 52.5 Å². The summed E-state index contributed by atoms with van der Waals surface area (Å²) in [6.45, 7) is 11.1. The number of nitrogens with two attached hydrogens (primary N) is 1. The van der Waals surface area contributed by atoms with Gasteiger partial charge < -0.3 is 11.1 Å². The minimum Gasteiger partial charge on any atom is -0.354 e. The molecule has 0 radical (unpaired) electrons. The number of hydrogen-bond acceptors (Lipinski definition) is 2. The second-order valence-electron chi connectivity index (χ2n) is 6.22. The molecule has 0 aliphatic carbocycles. The average molecular weight is 262 g/mol. The Bertz CT molecular complexity index is 445. The SMILES string of the molecule is Cc1ccc(C(C)(C)C)cc1CCNC(=O)C(C)N. The first-order valence-corrected chi connectivity index (χ1v) is 6.85. The van der Waals surface area contributed by atoms with Gasteiger partial charge in [0.05, 0.1) is 6.04 Å². The lowest BCUT2D eigenvalue weighted by Gasteiger charge is -2.21. The molecule has 0 saturated heterocycles. The van der Waals surface area contributed by atoms with Crippen LogP contribution in [0.2, 0.25) is 0 Å². The van der Waals surface area contributed by atoms with Gasteiger partial charge in [0.1, 0.15) is 0 Å². The molecular formula is C16H26N2O. The maximum atomic E-state index is 11.4. The van der Waals surface area contributed by atoms with Crippen molar-refractivity contribution in [1.29, 1.82) is 0 Å². The highest BCUT2D eigenvalue weighted by molar-refractivity contribution is 5.80. The molecule has 1 amide bonds. The standard InChI is InChI=1S/C16H26N2O/c1-11-6-7-14(16(3,4)5)10-13(11)8-9-18-15(19)12(2)17/h6-7,10,12H,8-9,17H2,1-5H3,(H,18,19). The first-order valence-electron chi connectivity index (χ1n) is 6.85. The van der Waals surface area contributed by atoms with Crippen LogP contribution >= 0.6 is 0 Å². The van der Waals surface area contributed by atoms with Gasteiger partial charge in [-0.1, -0.05) is 39.0 Å². The molecule has 1 aromatic rings. The fourth-order valence-corrected chi connectivity index (χ4v) is 1.89. The summed E-state index contributed by atoms with van der Waals surface area (Å²) in [5, 5.41) is 2.85. The zero-order valence-corrected chi connectivity index (χ0v) is 12.7. The molecule has 0 aromatic heterocycles. The average Bonchev–Trinajstić information content (AvgIpc) is 2.29. The second kappa shape index (κ2) is 6.20. The fourth-order valence-electron chi connectivity index (χ4n) is 1.89. The highest BCUT2D eigenvalue weighted by Gasteiger charge is 2.14. The molecule has 0 spiro atoms. The zero-order valence-electron chi connectivity index (χ0n) is 12.7. The Kier molecular flexibility index (Phi) is 5.12. The summed E-state index contributed by atoms with van der Waals surface area (Å²) in [5.41, 5.74) is 9.55. The van der Waals surface area contributed by atoms with E-state index in [0.29, 0.717) is 6.54 Å². The van der Waals surface area contributed by atoms with E-state index in [-0.39, 0.29) is 11.3 Å². The summed E-state index contributed by atoms with van der Waals surface area (Å²) in [5.74, 6) is -0.0929. The zero-order chi connectivity index (χ0) is 14.6. The van der Waals surface area contributed by atoms with Gasteiger partial charge in [-0.05, 0) is 42.4 Å². The van der Waals surface area contributed by atoms with E-state index in [2.05, 4.69) is 51.2 Å². The predicted octanol–water partition coefficient (Wildman–Crippen LogP) is 2.30. The van der Waals surface area contributed by atoms with Gasteiger partial charge in [0.2, 0.25) is 5.91 Å². The minimum absolute atomic E-state index is 0.0929. The molecule has 3 nitrogen and oxygen atoms in total. The lowest BCUT2D eigenvalue weighted by molar-refractivity contribution is -0.121. The first-order chi connectivity index (χ1) is 8.71. The van der Waals surface area contributed by atoms with Crippen LogP contribution in [-0.2, 0) is 16.6 Å². The van der Waals surface area contributed by atoms with Crippen LogP contribution in [0.1, 0.15) is 44.4 Å². The maximum absolute atomic E-state index is 11.4. The molecule has 1 unspecified atom stereocenters. The summed E-state index contributed by atoms with van der Waals surface area (Å²) in [4.78, 5) is 11.4. The Morgan fingerprint density at radius 1 is 1.37 bits per heavy atom. The third-order valence-corrected chi connectivity index (χ3v) is 3.32. The minimum atomic E-state index is -0.443. The lowest BCUT2D eigenvalue weighted by atomic mass is 9.85. The van der Waals surface area contributed by atoms with Crippen LogP contribution in [0.15, 0.2) is 18.2 Å². The van der Waals surface area contributed by atoms with Crippen molar-refractivity contribution >= 4 is 5.91 Å². The molecule has 0 aliphatic heterocycles. The van der Waals surface area contributed by atoms with Gasteiger partial charge in [-0.15, -0.1) is 0 Å². The summed E-state index contributed by atoms with van der Waals surface area (Å²) in [6.07, 6.45) is 0.841. The first kappa shape index (κ1) is 15.7. The summed E-state index contributed by atoms with van der Waals surface area (Å²) < 4.78 is 0. The third kappa shape index (κ3) is 4.67. The van der Waals surface area contributed by atoms with Crippen LogP contribution in [0.3, 0.4) is 0 Å². The van der Waals surface area contributed by atoms with Gasteiger partial charge in [0, 0.05) is 6.54 Å². The lowest BCUT2D eigenvalue weighted by Crippen LogP contribution is -2.39. The molecule has 1 aromatic carbocycles. The van der Waals surface area contributed by atoms with Crippen molar-refractivity contribution < 1.29 is 4.79 Å². The molecule has 0 aliphatic rings. The normalized spacial score (nSPS) is 13.2. The quantitative estimate of drug-likeness (QED) is 0.875. The van der Waals surface area contributed by atoms with Crippen molar-refractivity contribution in [3.8, 4) is 0 Å². The van der Waals surface area contributed by atoms with E-state index < -0.39 is 6.04 Å². The summed E-state index contributed by atoms with van der Waals surface area (Å²) in [6, 6.07) is 6.14. The van der Waals surface area contributed by atoms with Crippen LogP contribution in [0.4, 0.5) is 0 Å². The van der Waals surface area contributed by atoms with E-state index in [9.17, 15) is 4.79 Å². The number of hydrogen-bond donors (Lipinski definition) is 2. The fraction of sp³-hybridized carbons (Fsp3) is 0.562. The van der Waals surface area contributed by atoms with Crippen LogP contribution < -0.4 is 11.1 Å². The molecule has 3 heteroatoms. The highest BCUT2D eigenvalue weighted by Crippen LogP contribution is 2.24. The van der Waals surface area contributed by atoms with Crippen LogP contribution in [0.25, 0.3) is 0 Å². The number of aryl methyl sites for hydroxylation is 1. The largest absolute Gasteiger partial charge is 0.354 e. The van der Waals surface area contributed by atoms with Crippen LogP contribution in [-0.4, -0.2) is 18.5 Å². The second-order valence-corrected chi connectivity index (χ2v) is 6.22. The Labute approximate surface area is 116 Å². The van der Waals surface area contributed by atoms with Crippen molar-refractivity contribution in [1.82, 2.24) is 5.32 Å². The monoisotopic (exact) mass is 262 g/mol. The molecule has 1 atom stereocenters. The summed E-state index contributed by atoms with van der Waals surface area (Å²) in [7, 11) is 0. The molecule has 1 rings (SSSR count). The third-order valence-electron chi connectivity index (χ3n) is 3.32. The van der Waals surface area contributed by atoms with Gasteiger partial charge in [-0.25, -0.2) is 0 Å². The molecule has 106 valence electrons. The van der Waals surface area contributed by atoms with E-state index in [4.69, 9.17) is 5.73 Å². The van der Waals surface area contributed by atoms with E-state index in [1.807, 2.05) is 0 Å². The summed E-state index contributed by atoms with van der Waals surface area (Å²) >= 11 is 0. The van der Waals surface area contributed by atoms with Crippen molar-refractivity contribution in [3.63, 3.8) is 0 Å². The predicted molar refractivity (Wildman–Crippen MR) is 80.2 cm³/mol. The van der Waals surface area contributed by atoms with Gasteiger partial charge in [-0.2, -0.15) is 0 Å². The van der Waals surface area contributed by atoms with Gasteiger partial charge in [0.25, 0.3) is 0 Å². The maximum Gasteiger partial charge on any atom is 0.236 e. The van der Waals surface area contributed by atoms with Gasteiger partial charge >= 0.3 is 0 Å². The van der Waals surface area contributed by atoms with E-state index in [1.54, 1.807) is 6.92 Å². The Hall–Kier alpha value is -1.35. The Morgan fingerprint density at radius 2 is 2.00 bits per heavy atom. The highest BCUT2D eigenvalue weighted by atomic mass is 16.2. The van der Waals surface area contributed by atoms with E-state index in [0.717, 1.165) is 6.42 Å². The number of amides is 1. The number of nitrogens with one attached hydrogen (secondary N) is 1. The van der Waals surface area contributed by atoms with Crippen LogP contribution in [0, 0.1) is 6.92 Å². The molecular weight excluding hydrogens is 236 g/mol. The molecule has 19 heavy (non-hydrogen) atoms. The van der Waals surface area contributed by atoms with E-state index in [1.165, 1.54) is 16.7 Å². The van der Waals surface area contributed by atoms with Crippen molar-refractivity contribution in [2.75, 3.05) is 6.54 Å². The van der Waals surface area contributed by atoms with Gasteiger partial charge in [0.15, 0.2) is 0 Å². The van der Waals surface area contributed by atoms with Gasteiger partial charge in [-0.3, -0.25) is 4.79 Å². The molecule has 3 N–H and O–H groups in total. The molecule has 0 heterocycles. The van der Waals surface area contributed by atoms with Crippen molar-refractivity contribution in [3.05, 3.63) is 34.9 Å². The van der Waals surface area contributed by atoms with Crippen LogP contribution in [0.5, 0.6) is 0 Å². The molecule has 0 fully saturated rings. The smallest absolute Gasteiger partial charge is 0.236 e. The Morgan fingerprint density at radius 3 is 2.53 bits per heavy atom. The topological polar surface area (TPSA) is 55.1 Å².